The zero-order valence-corrected chi connectivity index (χ0v) is 26.7. The Kier molecular flexibility index (Phi) is 12.3. The zero-order valence-electron chi connectivity index (χ0n) is 25.9. The van der Waals surface area contributed by atoms with Crippen LogP contribution in [0.4, 0.5) is 0 Å². The van der Waals surface area contributed by atoms with Crippen LogP contribution in [0.3, 0.4) is 0 Å². The summed E-state index contributed by atoms with van der Waals surface area (Å²) in [7, 11) is 0. The number of nitrogens with zero attached hydrogens (tertiary/aromatic N) is 3. The lowest BCUT2D eigenvalue weighted by Crippen LogP contribution is -2.57. The summed E-state index contributed by atoms with van der Waals surface area (Å²) in [5, 5.41) is 7.26. The minimum atomic E-state index is -0.559. The molecule has 4 rings (SSSR count). The van der Waals surface area contributed by atoms with Crippen molar-refractivity contribution in [3.63, 3.8) is 0 Å². The highest BCUT2D eigenvalue weighted by Crippen LogP contribution is 2.27. The summed E-state index contributed by atoms with van der Waals surface area (Å²) in [6, 6.07) is 9.02. The van der Waals surface area contributed by atoms with Crippen LogP contribution in [0.1, 0.15) is 84.6 Å². The van der Waals surface area contributed by atoms with Gasteiger partial charge in [0, 0.05) is 61.7 Å². The first kappa shape index (κ1) is 32.2. The quantitative estimate of drug-likeness (QED) is 0.392. The van der Waals surface area contributed by atoms with Crippen molar-refractivity contribution in [3.05, 3.63) is 34.9 Å². The van der Waals surface area contributed by atoms with Gasteiger partial charge in [-0.3, -0.25) is 14.5 Å². The summed E-state index contributed by atoms with van der Waals surface area (Å²) >= 11 is 6.11. The Bertz CT molecular complexity index is 949. The molecule has 7 nitrogen and oxygen atoms in total. The first-order valence-electron chi connectivity index (χ1n) is 16.3. The lowest BCUT2D eigenvalue weighted by atomic mass is 9.94. The Morgan fingerprint density at radius 1 is 0.951 bits per heavy atom. The van der Waals surface area contributed by atoms with Crippen molar-refractivity contribution in [2.45, 2.75) is 116 Å². The molecule has 0 aliphatic carbocycles. The van der Waals surface area contributed by atoms with Crippen molar-refractivity contribution in [2.24, 2.45) is 5.92 Å². The maximum absolute atomic E-state index is 13.9. The van der Waals surface area contributed by atoms with E-state index in [1.54, 1.807) is 0 Å². The minimum absolute atomic E-state index is 0.0394. The summed E-state index contributed by atoms with van der Waals surface area (Å²) < 4.78 is 0. The Labute approximate surface area is 253 Å². The fourth-order valence-electron chi connectivity index (χ4n) is 7.02. The predicted octanol–water partition coefficient (Wildman–Crippen LogP) is 4.72. The summed E-state index contributed by atoms with van der Waals surface area (Å²) in [6.45, 7) is 15.2. The van der Waals surface area contributed by atoms with Crippen molar-refractivity contribution in [2.75, 3.05) is 39.3 Å². The fourth-order valence-corrected chi connectivity index (χ4v) is 7.15. The number of hydrogen-bond acceptors (Lipinski definition) is 5. The highest BCUT2D eigenvalue weighted by atomic mass is 35.5. The van der Waals surface area contributed by atoms with Crippen LogP contribution in [0.2, 0.25) is 5.02 Å². The lowest BCUT2D eigenvalue weighted by Gasteiger charge is -2.46. The number of halogens is 1. The van der Waals surface area contributed by atoms with Gasteiger partial charge in [0.1, 0.15) is 6.04 Å². The van der Waals surface area contributed by atoms with Crippen molar-refractivity contribution in [1.82, 2.24) is 25.3 Å². The van der Waals surface area contributed by atoms with Crippen LogP contribution in [0.25, 0.3) is 0 Å². The number of carbonyl (C=O) groups excluding carboxylic acids is 2. The molecule has 41 heavy (non-hydrogen) atoms. The van der Waals surface area contributed by atoms with Gasteiger partial charge < -0.3 is 20.4 Å². The van der Waals surface area contributed by atoms with Gasteiger partial charge in [0.2, 0.25) is 11.8 Å². The molecule has 2 N–H and O–H groups in total. The van der Waals surface area contributed by atoms with Crippen molar-refractivity contribution < 1.29 is 9.59 Å². The standard InChI is InChI=1S/C33H54ClN5O2/c1-24(2)23-39(29-12-17-37(18-13-29)25(3)4)30-14-19-38(20-15-30)33(41)31(21-26-8-10-27(34)11-9-26)36-32(40)22-28-7-5-6-16-35-28/h8-11,24-25,28-31,35H,5-7,12-23H2,1-4H3,(H,36,40)/t28-,31+/m0/s1. The first-order valence-corrected chi connectivity index (χ1v) is 16.6. The number of amides is 2. The third-order valence-electron chi connectivity index (χ3n) is 9.35. The zero-order chi connectivity index (χ0) is 29.4. The van der Waals surface area contributed by atoms with E-state index in [2.05, 4.69) is 48.1 Å². The van der Waals surface area contributed by atoms with Gasteiger partial charge in [-0.05, 0) is 95.6 Å². The molecule has 8 heteroatoms. The SMILES string of the molecule is CC(C)CN(C1CCN(C(=O)[C@@H](Cc2ccc(Cl)cc2)NC(=O)C[C@@H]2CCCCN2)CC1)C1CCN(C(C)C)CC1. The van der Waals surface area contributed by atoms with Gasteiger partial charge in [-0.1, -0.05) is 44.0 Å². The largest absolute Gasteiger partial charge is 0.344 e. The normalized spacial score (nSPS) is 22.4. The van der Waals surface area contributed by atoms with Gasteiger partial charge in [0.15, 0.2) is 0 Å². The van der Waals surface area contributed by atoms with E-state index in [9.17, 15) is 9.59 Å². The van der Waals surface area contributed by atoms with E-state index in [-0.39, 0.29) is 17.9 Å². The van der Waals surface area contributed by atoms with Crippen LogP contribution in [0, 0.1) is 5.92 Å². The van der Waals surface area contributed by atoms with Gasteiger partial charge in [-0.15, -0.1) is 0 Å². The molecule has 3 aliphatic rings. The van der Waals surface area contributed by atoms with Crippen LogP contribution in [0.15, 0.2) is 24.3 Å². The Hall–Kier alpha value is -1.67. The van der Waals surface area contributed by atoms with Gasteiger partial charge in [0.05, 0.1) is 0 Å². The van der Waals surface area contributed by atoms with Crippen LogP contribution >= 0.6 is 11.6 Å². The second kappa shape index (κ2) is 15.7. The van der Waals surface area contributed by atoms with Crippen LogP contribution in [0.5, 0.6) is 0 Å². The summed E-state index contributed by atoms with van der Waals surface area (Å²) in [6.07, 6.45) is 8.69. The molecule has 2 amide bonds. The smallest absolute Gasteiger partial charge is 0.245 e. The first-order chi connectivity index (χ1) is 19.7. The molecule has 3 fully saturated rings. The number of piperidine rings is 3. The maximum Gasteiger partial charge on any atom is 0.245 e. The predicted molar refractivity (Wildman–Crippen MR) is 168 cm³/mol. The van der Waals surface area contributed by atoms with E-state index in [0.717, 1.165) is 63.8 Å². The summed E-state index contributed by atoms with van der Waals surface area (Å²) in [5.41, 5.74) is 1.01. The monoisotopic (exact) mass is 587 g/mol. The highest BCUT2D eigenvalue weighted by molar-refractivity contribution is 6.30. The summed E-state index contributed by atoms with van der Waals surface area (Å²) in [4.78, 5) is 34.4. The topological polar surface area (TPSA) is 67.9 Å². The average molecular weight is 588 g/mol. The minimum Gasteiger partial charge on any atom is -0.344 e. The highest BCUT2D eigenvalue weighted by Gasteiger charge is 2.35. The van der Waals surface area contributed by atoms with Crippen LogP contribution in [-0.4, -0.2) is 96.0 Å². The molecule has 230 valence electrons. The van der Waals surface area contributed by atoms with E-state index in [0.29, 0.717) is 41.9 Å². The molecule has 0 unspecified atom stereocenters. The Morgan fingerprint density at radius 2 is 1.59 bits per heavy atom. The molecule has 3 saturated heterocycles. The molecule has 1 aromatic carbocycles. The number of rotatable bonds is 11. The van der Waals surface area contributed by atoms with Crippen molar-refractivity contribution in [3.8, 4) is 0 Å². The van der Waals surface area contributed by atoms with Gasteiger partial charge in [0.25, 0.3) is 0 Å². The molecule has 0 aromatic heterocycles. The Morgan fingerprint density at radius 3 is 2.15 bits per heavy atom. The number of likely N-dealkylation sites (tertiary alicyclic amines) is 2. The fraction of sp³-hybridized carbons (Fsp3) is 0.758. The van der Waals surface area contributed by atoms with E-state index in [1.165, 1.54) is 25.9 Å². The molecule has 3 heterocycles. The third-order valence-corrected chi connectivity index (χ3v) is 9.60. The molecule has 0 spiro atoms. The lowest BCUT2D eigenvalue weighted by molar-refractivity contribution is -0.138. The van der Waals surface area contributed by atoms with E-state index < -0.39 is 6.04 Å². The van der Waals surface area contributed by atoms with Gasteiger partial charge in [-0.2, -0.15) is 0 Å². The molecule has 0 bridgehead atoms. The molecule has 1 aromatic rings. The average Bonchev–Trinajstić information content (AvgIpc) is 2.97. The van der Waals surface area contributed by atoms with Gasteiger partial charge >= 0.3 is 0 Å². The van der Waals surface area contributed by atoms with E-state index in [4.69, 9.17) is 11.6 Å². The number of benzene rings is 1. The maximum atomic E-state index is 13.9. The second-order valence-electron chi connectivity index (χ2n) is 13.3. The Balaban J connectivity index is 1.38. The number of carbonyl (C=O) groups is 2. The molecule has 2 atom stereocenters. The van der Waals surface area contributed by atoms with Gasteiger partial charge in [-0.25, -0.2) is 0 Å². The third kappa shape index (κ3) is 9.67. The number of nitrogens with one attached hydrogen (secondary N) is 2. The molecule has 0 saturated carbocycles. The van der Waals surface area contributed by atoms with Crippen molar-refractivity contribution in [1.29, 1.82) is 0 Å². The van der Waals surface area contributed by atoms with E-state index in [1.807, 2.05) is 29.2 Å². The molecule has 3 aliphatic heterocycles. The van der Waals surface area contributed by atoms with E-state index >= 15 is 0 Å². The second-order valence-corrected chi connectivity index (χ2v) is 13.7. The molecular formula is C33H54ClN5O2. The summed E-state index contributed by atoms with van der Waals surface area (Å²) in [5.74, 6) is 0.627. The van der Waals surface area contributed by atoms with Crippen LogP contribution < -0.4 is 10.6 Å². The number of hydrogen-bond donors (Lipinski definition) is 2. The molecular weight excluding hydrogens is 534 g/mol. The molecule has 0 radical (unpaired) electrons. The van der Waals surface area contributed by atoms with Crippen LogP contribution in [-0.2, 0) is 16.0 Å². The van der Waals surface area contributed by atoms with Crippen molar-refractivity contribution >= 4 is 23.4 Å².